The highest BCUT2D eigenvalue weighted by Crippen LogP contribution is 2.31. The lowest BCUT2D eigenvalue weighted by atomic mass is 10.0. The summed E-state index contributed by atoms with van der Waals surface area (Å²) < 4.78 is 13.8. The van der Waals surface area contributed by atoms with Gasteiger partial charge in [-0.3, -0.25) is 0 Å². The Morgan fingerprint density at radius 1 is 1.33 bits per heavy atom. The second-order valence-corrected chi connectivity index (χ2v) is 4.59. The molecule has 0 bridgehead atoms. The van der Waals surface area contributed by atoms with Crippen molar-refractivity contribution in [3.05, 3.63) is 35.3 Å². The van der Waals surface area contributed by atoms with E-state index in [0.717, 1.165) is 28.9 Å². The molecule has 3 nitrogen and oxygen atoms in total. The summed E-state index contributed by atoms with van der Waals surface area (Å²) in [6.45, 7) is 2.64. The zero-order chi connectivity index (χ0) is 13.3. The predicted octanol–water partition coefficient (Wildman–Crippen LogP) is 2.47. The highest BCUT2D eigenvalue weighted by molar-refractivity contribution is 5.94. The van der Waals surface area contributed by atoms with E-state index in [0.29, 0.717) is 5.52 Å². The van der Waals surface area contributed by atoms with Crippen molar-refractivity contribution in [2.24, 2.45) is 0 Å². The van der Waals surface area contributed by atoms with Gasteiger partial charge in [0.2, 0.25) is 0 Å². The molecule has 0 fully saturated rings. The molecule has 0 saturated heterocycles. The number of hydrogen-bond donors (Lipinski definition) is 1. The van der Waals surface area contributed by atoms with Crippen LogP contribution in [-0.4, -0.2) is 26.1 Å². The van der Waals surface area contributed by atoms with Crippen LogP contribution in [0.3, 0.4) is 0 Å². The summed E-state index contributed by atoms with van der Waals surface area (Å²) in [7, 11) is 5.84. The van der Waals surface area contributed by atoms with Gasteiger partial charge in [0.25, 0.3) is 0 Å². The van der Waals surface area contributed by atoms with Gasteiger partial charge in [0, 0.05) is 37.3 Å². The third kappa shape index (κ3) is 2.04. The van der Waals surface area contributed by atoms with E-state index in [9.17, 15) is 4.39 Å². The van der Waals surface area contributed by atoms with Gasteiger partial charge in [0.1, 0.15) is 11.3 Å². The fourth-order valence-electron chi connectivity index (χ4n) is 2.29. The molecule has 0 saturated carbocycles. The molecule has 0 aliphatic rings. The number of aryl methyl sites for hydroxylation is 1. The molecule has 18 heavy (non-hydrogen) atoms. The molecule has 2 rings (SSSR count). The van der Waals surface area contributed by atoms with Crippen molar-refractivity contribution in [1.82, 2.24) is 10.3 Å². The third-order valence-electron chi connectivity index (χ3n) is 3.04. The van der Waals surface area contributed by atoms with E-state index in [1.54, 1.807) is 6.07 Å². The predicted molar refractivity (Wildman–Crippen MR) is 73.5 cm³/mol. The Morgan fingerprint density at radius 2 is 2.06 bits per heavy atom. The summed E-state index contributed by atoms with van der Waals surface area (Å²) in [5.74, 6) is -0.269. The molecule has 2 aromatic rings. The Labute approximate surface area is 107 Å². The minimum absolute atomic E-state index is 0.269. The van der Waals surface area contributed by atoms with Crippen molar-refractivity contribution in [3.63, 3.8) is 0 Å². The van der Waals surface area contributed by atoms with Gasteiger partial charge in [0.05, 0.1) is 5.69 Å². The second-order valence-electron chi connectivity index (χ2n) is 4.59. The van der Waals surface area contributed by atoms with Crippen LogP contribution >= 0.6 is 0 Å². The fourth-order valence-corrected chi connectivity index (χ4v) is 2.29. The van der Waals surface area contributed by atoms with Crippen LogP contribution < -0.4 is 10.2 Å². The molecular weight excluding hydrogens is 229 g/mol. The van der Waals surface area contributed by atoms with Crippen molar-refractivity contribution < 1.29 is 4.39 Å². The second kappa shape index (κ2) is 4.90. The number of anilines is 1. The Hall–Kier alpha value is -1.68. The maximum atomic E-state index is 13.8. The van der Waals surface area contributed by atoms with Crippen LogP contribution in [0.4, 0.5) is 10.1 Å². The molecular formula is C14H18FN3. The van der Waals surface area contributed by atoms with Crippen LogP contribution in [0.2, 0.25) is 0 Å². The van der Waals surface area contributed by atoms with Gasteiger partial charge >= 0.3 is 0 Å². The average Bonchev–Trinajstić information content (AvgIpc) is 2.31. The van der Waals surface area contributed by atoms with Gasteiger partial charge in [-0.15, -0.1) is 0 Å². The number of halogens is 1. The Bertz CT molecular complexity index is 579. The molecule has 0 atom stereocenters. The molecule has 96 valence electrons. The Balaban J connectivity index is 2.85. The van der Waals surface area contributed by atoms with E-state index in [1.807, 2.05) is 39.0 Å². The number of benzene rings is 1. The minimum atomic E-state index is -0.269. The van der Waals surface area contributed by atoms with E-state index < -0.39 is 0 Å². The lowest BCUT2D eigenvalue weighted by Gasteiger charge is -2.21. The summed E-state index contributed by atoms with van der Waals surface area (Å²) in [4.78, 5) is 6.41. The molecule has 1 aromatic heterocycles. The highest BCUT2D eigenvalue weighted by Gasteiger charge is 2.15. The minimum Gasteiger partial charge on any atom is -0.377 e. The molecule has 1 aromatic carbocycles. The molecule has 0 aliphatic heterocycles. The van der Waals surface area contributed by atoms with E-state index in [4.69, 9.17) is 0 Å². The summed E-state index contributed by atoms with van der Waals surface area (Å²) >= 11 is 0. The Morgan fingerprint density at radius 3 is 2.67 bits per heavy atom. The standard InChI is InChI=1S/C14H18FN3/c1-9-11(8-16-2)14(18(3)4)10-6-5-7-12(15)13(10)17-9/h5-7,16H,8H2,1-4H3. The first-order chi connectivity index (χ1) is 8.56. The number of para-hydroxylation sites is 1. The van der Waals surface area contributed by atoms with Crippen molar-refractivity contribution in [3.8, 4) is 0 Å². The molecule has 0 amide bonds. The van der Waals surface area contributed by atoms with Gasteiger partial charge in [-0.25, -0.2) is 9.37 Å². The molecule has 0 aliphatic carbocycles. The lowest BCUT2D eigenvalue weighted by Crippen LogP contribution is -2.17. The smallest absolute Gasteiger partial charge is 0.149 e. The molecule has 1 N–H and O–H groups in total. The molecule has 4 heteroatoms. The van der Waals surface area contributed by atoms with Crippen molar-refractivity contribution in [2.45, 2.75) is 13.5 Å². The largest absolute Gasteiger partial charge is 0.377 e. The average molecular weight is 247 g/mol. The van der Waals surface area contributed by atoms with Gasteiger partial charge in [-0.2, -0.15) is 0 Å². The van der Waals surface area contributed by atoms with Crippen LogP contribution in [0, 0.1) is 12.7 Å². The third-order valence-corrected chi connectivity index (χ3v) is 3.04. The molecule has 0 unspecified atom stereocenters. The van der Waals surface area contributed by atoms with Gasteiger partial charge in [-0.1, -0.05) is 12.1 Å². The molecule has 1 heterocycles. The van der Waals surface area contributed by atoms with Gasteiger partial charge < -0.3 is 10.2 Å². The number of rotatable bonds is 3. The normalized spacial score (nSPS) is 10.9. The van der Waals surface area contributed by atoms with Crippen LogP contribution in [-0.2, 0) is 6.54 Å². The van der Waals surface area contributed by atoms with Crippen LogP contribution in [0.15, 0.2) is 18.2 Å². The summed E-state index contributed by atoms with van der Waals surface area (Å²) in [6, 6.07) is 5.09. The van der Waals surface area contributed by atoms with E-state index >= 15 is 0 Å². The monoisotopic (exact) mass is 247 g/mol. The fraction of sp³-hybridized carbons (Fsp3) is 0.357. The first-order valence-corrected chi connectivity index (χ1v) is 5.96. The van der Waals surface area contributed by atoms with Crippen molar-refractivity contribution in [1.29, 1.82) is 0 Å². The maximum absolute atomic E-state index is 13.8. The summed E-state index contributed by atoms with van der Waals surface area (Å²) in [6.07, 6.45) is 0. The van der Waals surface area contributed by atoms with Crippen molar-refractivity contribution in [2.75, 3.05) is 26.0 Å². The lowest BCUT2D eigenvalue weighted by molar-refractivity contribution is 0.636. The van der Waals surface area contributed by atoms with Crippen LogP contribution in [0.25, 0.3) is 10.9 Å². The van der Waals surface area contributed by atoms with Gasteiger partial charge in [-0.05, 0) is 20.0 Å². The number of hydrogen-bond acceptors (Lipinski definition) is 3. The van der Waals surface area contributed by atoms with E-state index in [2.05, 4.69) is 10.3 Å². The summed E-state index contributed by atoms with van der Waals surface area (Å²) in [5.41, 5.74) is 3.45. The first-order valence-electron chi connectivity index (χ1n) is 5.96. The Kier molecular flexibility index (Phi) is 3.48. The number of pyridine rings is 1. The number of aromatic nitrogens is 1. The highest BCUT2D eigenvalue weighted by atomic mass is 19.1. The first kappa shape index (κ1) is 12.8. The topological polar surface area (TPSA) is 28.2 Å². The SMILES string of the molecule is CNCc1c(C)nc2c(F)cccc2c1N(C)C. The maximum Gasteiger partial charge on any atom is 0.149 e. The molecule has 0 radical (unpaired) electrons. The number of nitrogens with zero attached hydrogens (tertiary/aromatic N) is 2. The van der Waals surface area contributed by atoms with Crippen molar-refractivity contribution >= 4 is 16.6 Å². The van der Waals surface area contributed by atoms with E-state index in [1.165, 1.54) is 6.07 Å². The number of nitrogens with one attached hydrogen (secondary N) is 1. The number of fused-ring (bicyclic) bond motifs is 1. The zero-order valence-corrected chi connectivity index (χ0v) is 11.2. The van der Waals surface area contributed by atoms with Crippen LogP contribution in [0.1, 0.15) is 11.3 Å². The quantitative estimate of drug-likeness (QED) is 0.903. The zero-order valence-electron chi connectivity index (χ0n) is 11.2. The van der Waals surface area contributed by atoms with Gasteiger partial charge in [0.15, 0.2) is 0 Å². The van der Waals surface area contributed by atoms with Crippen LogP contribution in [0.5, 0.6) is 0 Å². The summed E-state index contributed by atoms with van der Waals surface area (Å²) in [5, 5.41) is 4.00. The van der Waals surface area contributed by atoms with E-state index in [-0.39, 0.29) is 5.82 Å². The molecule has 0 spiro atoms.